The Hall–Kier alpha value is -2.23. The Morgan fingerprint density at radius 2 is 2.00 bits per heavy atom. The zero-order chi connectivity index (χ0) is 12.3. The molecule has 4 heteroatoms. The molecular weight excluding hydrogens is 221 g/mol. The molecule has 0 N–H and O–H groups in total. The number of rotatable bonds is 2. The zero-order valence-electron chi connectivity index (χ0n) is 9.18. The van der Waals surface area contributed by atoms with Gasteiger partial charge in [0.05, 0.1) is 0 Å². The van der Waals surface area contributed by atoms with Gasteiger partial charge in [0, 0.05) is 5.56 Å². The molecule has 0 fully saturated rings. The molecule has 3 nitrogen and oxygen atoms in total. The summed E-state index contributed by atoms with van der Waals surface area (Å²) in [5, 5.41) is 0. The Bertz CT molecular complexity index is 527. The maximum absolute atomic E-state index is 12.7. The molecule has 0 aromatic heterocycles. The fourth-order valence-electron chi connectivity index (χ4n) is 1.33. The Labute approximate surface area is 97.9 Å². The highest BCUT2D eigenvalue weighted by atomic mass is 19.1. The molecule has 1 aliphatic rings. The van der Waals surface area contributed by atoms with Gasteiger partial charge in [-0.2, -0.15) is 0 Å². The average Bonchev–Trinajstić information content (AvgIpc) is 2.69. The van der Waals surface area contributed by atoms with Crippen LogP contribution < -0.4 is 0 Å². The van der Waals surface area contributed by atoms with Crippen LogP contribution in [0.25, 0.3) is 0 Å². The summed E-state index contributed by atoms with van der Waals surface area (Å²) in [6.07, 6.45) is 5.05. The molecule has 1 heterocycles. The van der Waals surface area contributed by atoms with Gasteiger partial charge in [-0.05, 0) is 37.3 Å². The third-order valence-electron chi connectivity index (χ3n) is 2.16. The maximum atomic E-state index is 12.7. The minimum absolute atomic E-state index is 0.200. The quantitative estimate of drug-likeness (QED) is 0.579. The van der Waals surface area contributed by atoms with Crippen LogP contribution in [0.5, 0.6) is 0 Å². The van der Waals surface area contributed by atoms with Crippen molar-refractivity contribution in [2.75, 3.05) is 0 Å². The van der Waals surface area contributed by atoms with E-state index in [1.807, 2.05) is 6.92 Å². The van der Waals surface area contributed by atoms with Gasteiger partial charge < -0.3 is 4.74 Å². The number of carbonyl (C=O) groups is 1. The van der Waals surface area contributed by atoms with E-state index in [-0.39, 0.29) is 17.4 Å². The van der Waals surface area contributed by atoms with Crippen LogP contribution >= 0.6 is 0 Å². The first-order chi connectivity index (χ1) is 8.20. The van der Waals surface area contributed by atoms with Crippen LogP contribution in [-0.2, 0) is 9.53 Å². The van der Waals surface area contributed by atoms with E-state index in [0.29, 0.717) is 5.56 Å². The van der Waals surface area contributed by atoms with E-state index < -0.39 is 5.97 Å². The van der Waals surface area contributed by atoms with E-state index in [9.17, 15) is 9.18 Å². The van der Waals surface area contributed by atoms with E-state index >= 15 is 0 Å². The lowest BCUT2D eigenvalue weighted by atomic mass is 10.2. The first-order valence-electron chi connectivity index (χ1n) is 5.10. The van der Waals surface area contributed by atoms with Crippen molar-refractivity contribution in [2.45, 2.75) is 6.92 Å². The third-order valence-corrected chi connectivity index (χ3v) is 2.16. The van der Waals surface area contributed by atoms with Gasteiger partial charge in [0.2, 0.25) is 5.90 Å². The van der Waals surface area contributed by atoms with Gasteiger partial charge in [-0.1, -0.05) is 12.2 Å². The Kier molecular flexibility index (Phi) is 3.14. The summed E-state index contributed by atoms with van der Waals surface area (Å²) < 4.78 is 17.7. The molecule has 0 saturated heterocycles. The summed E-state index contributed by atoms with van der Waals surface area (Å²) in [5.41, 5.74) is 0.811. The maximum Gasteiger partial charge on any atom is 0.363 e. The molecule has 86 valence electrons. The summed E-state index contributed by atoms with van der Waals surface area (Å²) in [6.45, 7) is 1.84. The Morgan fingerprint density at radius 3 is 2.65 bits per heavy atom. The summed E-state index contributed by atoms with van der Waals surface area (Å²) in [5.74, 6) is -0.642. The van der Waals surface area contributed by atoms with Crippen molar-refractivity contribution in [3.8, 4) is 0 Å². The van der Waals surface area contributed by atoms with Crippen molar-refractivity contribution in [2.24, 2.45) is 4.99 Å². The number of nitrogens with zero attached hydrogens (tertiary/aromatic N) is 1. The molecule has 0 unspecified atom stereocenters. The number of hydrogen-bond acceptors (Lipinski definition) is 3. The highest BCUT2D eigenvalue weighted by Crippen LogP contribution is 2.16. The molecule has 1 aromatic rings. The summed E-state index contributed by atoms with van der Waals surface area (Å²) >= 11 is 0. The molecule has 0 amide bonds. The number of cyclic esters (lactones) is 1. The zero-order valence-corrected chi connectivity index (χ0v) is 9.18. The van der Waals surface area contributed by atoms with Gasteiger partial charge in [0.15, 0.2) is 5.70 Å². The second-order valence-electron chi connectivity index (χ2n) is 3.39. The number of hydrogen-bond donors (Lipinski definition) is 0. The number of allylic oxidation sites excluding steroid dienone is 3. The molecule has 0 saturated carbocycles. The SMILES string of the molecule is C/C=C/C=C1/N=C(c2ccc(F)cc2)OC1=O. The van der Waals surface area contributed by atoms with E-state index in [0.717, 1.165) is 0 Å². The number of halogens is 1. The highest BCUT2D eigenvalue weighted by Gasteiger charge is 2.23. The minimum atomic E-state index is -0.498. The van der Waals surface area contributed by atoms with E-state index in [2.05, 4.69) is 4.99 Å². The smallest absolute Gasteiger partial charge is 0.363 e. The molecule has 0 bridgehead atoms. The monoisotopic (exact) mass is 231 g/mol. The number of ether oxygens (including phenoxy) is 1. The fraction of sp³-hybridized carbons (Fsp3) is 0.0769. The third kappa shape index (κ3) is 2.47. The topological polar surface area (TPSA) is 38.7 Å². The average molecular weight is 231 g/mol. The highest BCUT2D eigenvalue weighted by molar-refractivity contribution is 6.11. The second kappa shape index (κ2) is 4.74. The van der Waals surface area contributed by atoms with Crippen LogP contribution in [0.15, 0.2) is 53.2 Å². The lowest BCUT2D eigenvalue weighted by Crippen LogP contribution is -2.05. The number of carbonyl (C=O) groups excluding carboxylic acids is 1. The van der Waals surface area contributed by atoms with E-state index in [1.165, 1.54) is 24.3 Å². The Balaban J connectivity index is 2.30. The van der Waals surface area contributed by atoms with Gasteiger partial charge in [-0.15, -0.1) is 0 Å². The molecule has 0 aliphatic carbocycles. The van der Waals surface area contributed by atoms with Crippen LogP contribution in [0, 0.1) is 5.82 Å². The van der Waals surface area contributed by atoms with Gasteiger partial charge >= 0.3 is 5.97 Å². The van der Waals surface area contributed by atoms with Gasteiger partial charge in [-0.25, -0.2) is 14.2 Å². The van der Waals surface area contributed by atoms with Crippen LogP contribution in [0.3, 0.4) is 0 Å². The van der Waals surface area contributed by atoms with E-state index in [1.54, 1.807) is 18.2 Å². The number of esters is 1. The molecule has 2 rings (SSSR count). The van der Waals surface area contributed by atoms with Gasteiger partial charge in [0.25, 0.3) is 0 Å². The molecular formula is C13H10FNO2. The molecule has 1 aromatic carbocycles. The first kappa shape index (κ1) is 11.3. The number of aliphatic imine (C=N–C) groups is 1. The Morgan fingerprint density at radius 1 is 1.29 bits per heavy atom. The molecule has 1 aliphatic heterocycles. The first-order valence-corrected chi connectivity index (χ1v) is 5.10. The van der Waals surface area contributed by atoms with Crippen LogP contribution in [0.4, 0.5) is 4.39 Å². The minimum Gasteiger partial charge on any atom is -0.402 e. The van der Waals surface area contributed by atoms with E-state index in [4.69, 9.17) is 4.74 Å². The molecule has 0 spiro atoms. The van der Waals surface area contributed by atoms with Crippen molar-refractivity contribution in [1.29, 1.82) is 0 Å². The van der Waals surface area contributed by atoms with Gasteiger partial charge in [0.1, 0.15) is 5.82 Å². The summed E-state index contributed by atoms with van der Waals surface area (Å²) in [7, 11) is 0. The predicted molar refractivity (Wildman–Crippen MR) is 61.9 cm³/mol. The van der Waals surface area contributed by atoms with Crippen LogP contribution in [0.2, 0.25) is 0 Å². The van der Waals surface area contributed by atoms with Crippen molar-refractivity contribution in [1.82, 2.24) is 0 Å². The summed E-state index contributed by atoms with van der Waals surface area (Å²) in [6, 6.07) is 5.61. The van der Waals surface area contributed by atoms with Crippen LogP contribution in [0.1, 0.15) is 12.5 Å². The number of benzene rings is 1. The lowest BCUT2D eigenvalue weighted by Gasteiger charge is -1.98. The van der Waals surface area contributed by atoms with Crippen molar-refractivity contribution in [3.63, 3.8) is 0 Å². The van der Waals surface area contributed by atoms with Crippen LogP contribution in [-0.4, -0.2) is 11.9 Å². The molecule has 0 atom stereocenters. The fourth-order valence-corrected chi connectivity index (χ4v) is 1.33. The van der Waals surface area contributed by atoms with Crippen molar-refractivity contribution in [3.05, 3.63) is 59.6 Å². The standard InChI is InChI=1S/C13H10FNO2/c1-2-3-4-11-13(16)17-12(15-11)9-5-7-10(14)8-6-9/h2-8H,1H3/b3-2+,11-4+. The largest absolute Gasteiger partial charge is 0.402 e. The lowest BCUT2D eigenvalue weighted by molar-refractivity contribution is -0.130. The molecule has 0 radical (unpaired) electrons. The molecule has 17 heavy (non-hydrogen) atoms. The van der Waals surface area contributed by atoms with Gasteiger partial charge in [-0.3, -0.25) is 0 Å². The second-order valence-corrected chi connectivity index (χ2v) is 3.39. The normalized spacial score (nSPS) is 17.6. The predicted octanol–water partition coefficient (Wildman–Crippen LogP) is 2.59. The van der Waals surface area contributed by atoms with Crippen molar-refractivity contribution >= 4 is 11.9 Å². The van der Waals surface area contributed by atoms with Crippen molar-refractivity contribution < 1.29 is 13.9 Å². The summed E-state index contributed by atoms with van der Waals surface area (Å²) in [4.78, 5) is 15.5.